The maximum Gasteiger partial charge on any atom is 0.119 e. The van der Waals surface area contributed by atoms with Gasteiger partial charge in [-0.1, -0.05) is 13.0 Å². The molecule has 0 aliphatic heterocycles. The van der Waals surface area contributed by atoms with E-state index in [1.807, 2.05) is 17.8 Å². The van der Waals surface area contributed by atoms with Crippen molar-refractivity contribution in [3.63, 3.8) is 0 Å². The molecular weight excluding hydrogens is 168 g/mol. The lowest BCUT2D eigenvalue weighted by Crippen LogP contribution is -1.85. The molecule has 1 nitrogen and oxygen atoms in total. The molecule has 0 aliphatic carbocycles. The van der Waals surface area contributed by atoms with Crippen LogP contribution in [0.1, 0.15) is 12.5 Å². The number of methoxy groups -OCH3 is 1. The average Bonchev–Trinajstić information content (AvgIpc) is 2.09. The molecule has 0 aromatic heterocycles. The Kier molecular flexibility index (Phi) is 3.48. The normalized spacial score (nSPS) is 9.92. The molecule has 1 aromatic carbocycles. The first-order valence-electron chi connectivity index (χ1n) is 4.05. The van der Waals surface area contributed by atoms with Crippen LogP contribution in [-0.2, 0) is 0 Å². The van der Waals surface area contributed by atoms with E-state index in [4.69, 9.17) is 4.74 Å². The lowest BCUT2D eigenvalue weighted by Gasteiger charge is -2.05. The second kappa shape index (κ2) is 4.41. The number of rotatable bonds is 3. The zero-order valence-corrected chi connectivity index (χ0v) is 8.57. The third-order valence-electron chi connectivity index (χ3n) is 1.70. The van der Waals surface area contributed by atoms with Crippen molar-refractivity contribution in [1.82, 2.24) is 0 Å². The van der Waals surface area contributed by atoms with Gasteiger partial charge in [0, 0.05) is 4.90 Å². The van der Waals surface area contributed by atoms with Gasteiger partial charge in [0.2, 0.25) is 0 Å². The third kappa shape index (κ3) is 2.18. The second-order valence-corrected chi connectivity index (χ2v) is 3.87. The molecule has 0 amide bonds. The Hall–Kier alpha value is -0.630. The monoisotopic (exact) mass is 182 g/mol. The number of hydrogen-bond donors (Lipinski definition) is 0. The first-order chi connectivity index (χ1) is 5.77. The molecule has 0 saturated carbocycles. The first kappa shape index (κ1) is 9.46. The molecule has 1 aromatic rings. The fourth-order valence-electron chi connectivity index (χ4n) is 1.02. The van der Waals surface area contributed by atoms with Crippen LogP contribution in [0.3, 0.4) is 0 Å². The van der Waals surface area contributed by atoms with Crippen LogP contribution in [0.5, 0.6) is 5.75 Å². The van der Waals surface area contributed by atoms with Gasteiger partial charge in [-0.3, -0.25) is 0 Å². The van der Waals surface area contributed by atoms with E-state index in [0.29, 0.717) is 0 Å². The maximum absolute atomic E-state index is 5.14. The summed E-state index contributed by atoms with van der Waals surface area (Å²) < 4.78 is 5.14. The van der Waals surface area contributed by atoms with Crippen molar-refractivity contribution in [2.75, 3.05) is 12.9 Å². The van der Waals surface area contributed by atoms with Crippen LogP contribution in [-0.4, -0.2) is 12.9 Å². The molecule has 0 atom stereocenters. The fraction of sp³-hybridized carbons (Fsp3) is 0.400. The fourth-order valence-corrected chi connectivity index (χ4v) is 1.82. The van der Waals surface area contributed by atoms with Crippen molar-refractivity contribution in [2.24, 2.45) is 0 Å². The summed E-state index contributed by atoms with van der Waals surface area (Å²) in [6.45, 7) is 4.28. The molecule has 66 valence electrons. The topological polar surface area (TPSA) is 9.23 Å². The van der Waals surface area contributed by atoms with Gasteiger partial charge in [0.1, 0.15) is 5.75 Å². The number of ether oxygens (including phenoxy) is 1. The summed E-state index contributed by atoms with van der Waals surface area (Å²) in [6.07, 6.45) is 0. The maximum atomic E-state index is 5.14. The highest BCUT2D eigenvalue weighted by Crippen LogP contribution is 2.26. The molecule has 1 rings (SSSR count). The highest BCUT2D eigenvalue weighted by molar-refractivity contribution is 7.99. The van der Waals surface area contributed by atoms with Gasteiger partial charge < -0.3 is 4.74 Å². The summed E-state index contributed by atoms with van der Waals surface area (Å²) in [5.74, 6) is 2.05. The summed E-state index contributed by atoms with van der Waals surface area (Å²) >= 11 is 1.85. The lowest BCUT2D eigenvalue weighted by molar-refractivity contribution is 0.413. The Bertz CT molecular complexity index is 258. The molecule has 0 fully saturated rings. The zero-order valence-electron chi connectivity index (χ0n) is 7.76. The molecule has 2 heteroatoms. The van der Waals surface area contributed by atoms with Crippen molar-refractivity contribution in [1.29, 1.82) is 0 Å². The Morgan fingerprint density at radius 1 is 1.42 bits per heavy atom. The minimum absolute atomic E-state index is 0.941. The van der Waals surface area contributed by atoms with Crippen LogP contribution in [0.2, 0.25) is 0 Å². The lowest BCUT2D eigenvalue weighted by atomic mass is 10.2. The Morgan fingerprint density at radius 2 is 2.17 bits per heavy atom. The summed E-state index contributed by atoms with van der Waals surface area (Å²) in [7, 11) is 1.70. The summed E-state index contributed by atoms with van der Waals surface area (Å²) in [4.78, 5) is 1.32. The van der Waals surface area contributed by atoms with Crippen molar-refractivity contribution >= 4 is 11.8 Å². The van der Waals surface area contributed by atoms with Crippen molar-refractivity contribution in [2.45, 2.75) is 18.7 Å². The van der Waals surface area contributed by atoms with Gasteiger partial charge in [0.25, 0.3) is 0 Å². The molecule has 0 N–H and O–H groups in total. The summed E-state index contributed by atoms with van der Waals surface area (Å²) in [5.41, 5.74) is 1.32. The van der Waals surface area contributed by atoms with Gasteiger partial charge in [0.15, 0.2) is 0 Å². The summed E-state index contributed by atoms with van der Waals surface area (Å²) in [5, 5.41) is 0. The molecule has 0 bridgehead atoms. The van der Waals surface area contributed by atoms with Gasteiger partial charge >= 0.3 is 0 Å². The molecule has 0 unspecified atom stereocenters. The van der Waals surface area contributed by atoms with E-state index in [1.165, 1.54) is 10.5 Å². The molecule has 12 heavy (non-hydrogen) atoms. The zero-order chi connectivity index (χ0) is 8.97. The van der Waals surface area contributed by atoms with E-state index in [1.54, 1.807) is 7.11 Å². The standard InChI is InChI=1S/C10H14OS/c1-4-12-10-7-9(11-3)6-5-8(10)2/h5-7H,4H2,1-3H3. The molecule has 0 aliphatic rings. The number of hydrogen-bond acceptors (Lipinski definition) is 2. The smallest absolute Gasteiger partial charge is 0.119 e. The molecular formula is C10H14OS. The SMILES string of the molecule is CCSc1cc(OC)ccc1C. The van der Waals surface area contributed by atoms with E-state index < -0.39 is 0 Å². The number of benzene rings is 1. The minimum Gasteiger partial charge on any atom is -0.497 e. The average molecular weight is 182 g/mol. The number of aryl methyl sites for hydroxylation is 1. The molecule has 0 spiro atoms. The predicted molar refractivity (Wildman–Crippen MR) is 54.1 cm³/mol. The Labute approximate surface area is 78.1 Å². The highest BCUT2D eigenvalue weighted by Gasteiger charge is 1.99. The van der Waals surface area contributed by atoms with Gasteiger partial charge in [0.05, 0.1) is 7.11 Å². The van der Waals surface area contributed by atoms with Gasteiger partial charge in [-0.2, -0.15) is 0 Å². The molecule has 0 radical (unpaired) electrons. The van der Waals surface area contributed by atoms with Crippen molar-refractivity contribution < 1.29 is 4.74 Å². The predicted octanol–water partition coefficient (Wildman–Crippen LogP) is 3.12. The van der Waals surface area contributed by atoms with E-state index in [2.05, 4.69) is 26.0 Å². The first-order valence-corrected chi connectivity index (χ1v) is 5.04. The van der Waals surface area contributed by atoms with Crippen LogP contribution in [0, 0.1) is 6.92 Å². The van der Waals surface area contributed by atoms with Gasteiger partial charge in [-0.15, -0.1) is 11.8 Å². The molecule has 0 saturated heterocycles. The minimum atomic E-state index is 0.941. The largest absolute Gasteiger partial charge is 0.497 e. The van der Waals surface area contributed by atoms with E-state index in [0.717, 1.165) is 11.5 Å². The quantitative estimate of drug-likeness (QED) is 0.664. The van der Waals surface area contributed by atoms with Crippen molar-refractivity contribution in [3.05, 3.63) is 23.8 Å². The van der Waals surface area contributed by atoms with Crippen LogP contribution >= 0.6 is 11.8 Å². The Morgan fingerprint density at radius 3 is 2.75 bits per heavy atom. The number of thioether (sulfide) groups is 1. The van der Waals surface area contributed by atoms with Crippen molar-refractivity contribution in [3.8, 4) is 5.75 Å². The van der Waals surface area contributed by atoms with E-state index in [-0.39, 0.29) is 0 Å². The van der Waals surface area contributed by atoms with Crippen LogP contribution < -0.4 is 4.74 Å². The second-order valence-electron chi connectivity index (χ2n) is 2.56. The third-order valence-corrected chi connectivity index (χ3v) is 2.73. The summed E-state index contributed by atoms with van der Waals surface area (Å²) in [6, 6.07) is 6.18. The van der Waals surface area contributed by atoms with Crippen LogP contribution in [0.15, 0.2) is 23.1 Å². The van der Waals surface area contributed by atoms with E-state index >= 15 is 0 Å². The highest BCUT2D eigenvalue weighted by atomic mass is 32.2. The van der Waals surface area contributed by atoms with Crippen LogP contribution in [0.4, 0.5) is 0 Å². The van der Waals surface area contributed by atoms with Gasteiger partial charge in [-0.05, 0) is 30.4 Å². The Balaban J connectivity index is 2.91. The van der Waals surface area contributed by atoms with Crippen LogP contribution in [0.25, 0.3) is 0 Å². The molecule has 0 heterocycles. The van der Waals surface area contributed by atoms with E-state index in [9.17, 15) is 0 Å². The van der Waals surface area contributed by atoms with Gasteiger partial charge in [-0.25, -0.2) is 0 Å².